The smallest absolute Gasteiger partial charge is 0.339 e. The standard InChI is InChI=1S/C15H18N2O2/c1-5-17-8-12(15(18)19)14(16-17)13-10(3)6-9(2)7-11(13)4/h6-8H,5H2,1-4H3,(H,18,19). The van der Waals surface area contributed by atoms with Crippen molar-refractivity contribution in [1.29, 1.82) is 0 Å². The molecule has 0 spiro atoms. The topological polar surface area (TPSA) is 55.1 Å². The SMILES string of the molecule is CCn1cc(C(=O)O)c(-c2c(C)cc(C)cc2C)n1. The van der Waals surface area contributed by atoms with E-state index in [9.17, 15) is 9.90 Å². The van der Waals surface area contributed by atoms with Crippen LogP contribution in [0.1, 0.15) is 34.0 Å². The Bertz CT molecular complexity index is 619. The Morgan fingerprint density at radius 3 is 2.32 bits per heavy atom. The van der Waals surface area contributed by atoms with Crippen LogP contribution in [0.4, 0.5) is 0 Å². The second-order valence-corrected chi connectivity index (χ2v) is 4.83. The number of benzene rings is 1. The van der Waals surface area contributed by atoms with E-state index in [4.69, 9.17) is 0 Å². The van der Waals surface area contributed by atoms with Crippen molar-refractivity contribution >= 4 is 5.97 Å². The van der Waals surface area contributed by atoms with E-state index in [0.717, 1.165) is 16.7 Å². The van der Waals surface area contributed by atoms with E-state index >= 15 is 0 Å². The van der Waals surface area contributed by atoms with E-state index in [-0.39, 0.29) is 5.56 Å². The lowest BCUT2D eigenvalue weighted by atomic mass is 9.95. The van der Waals surface area contributed by atoms with Gasteiger partial charge in [-0.2, -0.15) is 5.10 Å². The fourth-order valence-electron chi connectivity index (χ4n) is 2.48. The van der Waals surface area contributed by atoms with Crippen LogP contribution in [0.25, 0.3) is 11.3 Å². The summed E-state index contributed by atoms with van der Waals surface area (Å²) in [5.74, 6) is -0.936. The summed E-state index contributed by atoms with van der Waals surface area (Å²) in [6, 6.07) is 4.11. The highest BCUT2D eigenvalue weighted by atomic mass is 16.4. The van der Waals surface area contributed by atoms with Crippen molar-refractivity contribution in [2.45, 2.75) is 34.2 Å². The Labute approximate surface area is 112 Å². The number of carboxylic acid groups (broad SMARTS) is 1. The van der Waals surface area contributed by atoms with Crippen LogP contribution in [0.2, 0.25) is 0 Å². The van der Waals surface area contributed by atoms with E-state index in [0.29, 0.717) is 12.2 Å². The molecular formula is C15H18N2O2. The summed E-state index contributed by atoms with van der Waals surface area (Å²) in [6.07, 6.45) is 1.59. The molecule has 0 amide bonds. The van der Waals surface area contributed by atoms with Gasteiger partial charge in [-0.25, -0.2) is 4.79 Å². The summed E-state index contributed by atoms with van der Waals surface area (Å²) in [4.78, 5) is 11.4. The maximum Gasteiger partial charge on any atom is 0.339 e. The molecule has 0 saturated heterocycles. The molecule has 1 aromatic carbocycles. The van der Waals surface area contributed by atoms with Crippen LogP contribution in [0.3, 0.4) is 0 Å². The molecule has 1 aromatic heterocycles. The van der Waals surface area contributed by atoms with Crippen LogP contribution in [0.5, 0.6) is 0 Å². The van der Waals surface area contributed by atoms with Crippen molar-refractivity contribution in [2.75, 3.05) is 0 Å². The first kappa shape index (κ1) is 13.3. The van der Waals surface area contributed by atoms with Gasteiger partial charge in [0, 0.05) is 18.3 Å². The predicted molar refractivity (Wildman–Crippen MR) is 74.5 cm³/mol. The summed E-state index contributed by atoms with van der Waals surface area (Å²) in [6.45, 7) is 8.62. The molecule has 0 saturated carbocycles. The molecule has 1 N–H and O–H groups in total. The first-order chi connectivity index (χ1) is 8.93. The van der Waals surface area contributed by atoms with Gasteiger partial charge in [0.15, 0.2) is 0 Å². The maximum atomic E-state index is 11.4. The normalized spacial score (nSPS) is 10.7. The highest BCUT2D eigenvalue weighted by Crippen LogP contribution is 2.29. The summed E-state index contributed by atoms with van der Waals surface area (Å²) in [5, 5.41) is 13.7. The summed E-state index contributed by atoms with van der Waals surface area (Å²) in [7, 11) is 0. The van der Waals surface area contributed by atoms with E-state index in [1.807, 2.05) is 27.7 Å². The van der Waals surface area contributed by atoms with Gasteiger partial charge < -0.3 is 5.11 Å². The van der Waals surface area contributed by atoms with Crippen LogP contribution >= 0.6 is 0 Å². The minimum atomic E-state index is -0.936. The van der Waals surface area contributed by atoms with Crippen LogP contribution < -0.4 is 0 Å². The quantitative estimate of drug-likeness (QED) is 0.919. The number of hydrogen-bond donors (Lipinski definition) is 1. The maximum absolute atomic E-state index is 11.4. The molecule has 0 atom stereocenters. The Kier molecular flexibility index (Phi) is 3.42. The summed E-state index contributed by atoms with van der Waals surface area (Å²) in [5.41, 5.74) is 5.03. The zero-order chi connectivity index (χ0) is 14.2. The van der Waals surface area contributed by atoms with Gasteiger partial charge in [0.2, 0.25) is 0 Å². The Morgan fingerprint density at radius 1 is 1.26 bits per heavy atom. The Morgan fingerprint density at radius 2 is 1.84 bits per heavy atom. The number of aromatic nitrogens is 2. The van der Waals surface area contributed by atoms with Crippen molar-refractivity contribution in [1.82, 2.24) is 9.78 Å². The molecule has 0 radical (unpaired) electrons. The number of hydrogen-bond acceptors (Lipinski definition) is 2. The lowest BCUT2D eigenvalue weighted by molar-refractivity contribution is 0.0697. The van der Waals surface area contributed by atoms with Gasteiger partial charge in [-0.15, -0.1) is 0 Å². The zero-order valence-electron chi connectivity index (χ0n) is 11.7. The van der Waals surface area contributed by atoms with Gasteiger partial charge in [-0.3, -0.25) is 4.68 Å². The van der Waals surface area contributed by atoms with Crippen molar-refractivity contribution in [3.8, 4) is 11.3 Å². The number of nitrogens with zero attached hydrogens (tertiary/aromatic N) is 2. The van der Waals surface area contributed by atoms with Gasteiger partial charge in [0.1, 0.15) is 11.3 Å². The zero-order valence-corrected chi connectivity index (χ0v) is 11.7. The van der Waals surface area contributed by atoms with Crippen LogP contribution in [-0.4, -0.2) is 20.9 Å². The third-order valence-corrected chi connectivity index (χ3v) is 3.23. The van der Waals surface area contributed by atoms with E-state index in [1.165, 1.54) is 5.56 Å². The lowest BCUT2D eigenvalue weighted by Gasteiger charge is -2.09. The molecule has 0 unspecified atom stereocenters. The highest BCUT2D eigenvalue weighted by Gasteiger charge is 2.19. The number of aromatic carboxylic acids is 1. The van der Waals surface area contributed by atoms with E-state index in [2.05, 4.69) is 17.2 Å². The average molecular weight is 258 g/mol. The molecule has 2 aromatic rings. The molecule has 4 heteroatoms. The van der Waals surface area contributed by atoms with E-state index in [1.54, 1.807) is 10.9 Å². The molecule has 0 aliphatic carbocycles. The van der Waals surface area contributed by atoms with Crippen molar-refractivity contribution in [2.24, 2.45) is 0 Å². The molecule has 4 nitrogen and oxygen atoms in total. The predicted octanol–water partition coefficient (Wildman–Crippen LogP) is 3.19. The second-order valence-electron chi connectivity index (χ2n) is 4.83. The van der Waals surface area contributed by atoms with Crippen molar-refractivity contribution in [3.63, 3.8) is 0 Å². The van der Waals surface area contributed by atoms with Crippen LogP contribution in [-0.2, 0) is 6.54 Å². The second kappa shape index (κ2) is 4.88. The minimum Gasteiger partial charge on any atom is -0.478 e. The van der Waals surface area contributed by atoms with Crippen LogP contribution in [0, 0.1) is 20.8 Å². The molecule has 0 aliphatic heterocycles. The summed E-state index contributed by atoms with van der Waals surface area (Å²) >= 11 is 0. The van der Waals surface area contributed by atoms with Crippen LogP contribution in [0.15, 0.2) is 18.3 Å². The fraction of sp³-hybridized carbons (Fsp3) is 0.333. The van der Waals surface area contributed by atoms with Gasteiger partial charge in [0.25, 0.3) is 0 Å². The Hall–Kier alpha value is -2.10. The van der Waals surface area contributed by atoms with Gasteiger partial charge in [0.05, 0.1) is 0 Å². The lowest BCUT2D eigenvalue weighted by Crippen LogP contribution is -1.99. The first-order valence-electron chi connectivity index (χ1n) is 6.33. The summed E-state index contributed by atoms with van der Waals surface area (Å²) < 4.78 is 1.66. The van der Waals surface area contributed by atoms with Gasteiger partial charge >= 0.3 is 5.97 Å². The van der Waals surface area contributed by atoms with Gasteiger partial charge in [-0.1, -0.05) is 17.7 Å². The molecular weight excluding hydrogens is 240 g/mol. The fourth-order valence-corrected chi connectivity index (χ4v) is 2.48. The minimum absolute atomic E-state index is 0.261. The molecule has 0 bridgehead atoms. The number of rotatable bonds is 3. The Balaban J connectivity index is 2.71. The average Bonchev–Trinajstić information content (AvgIpc) is 2.71. The molecule has 0 aliphatic rings. The molecule has 0 fully saturated rings. The number of aryl methyl sites for hydroxylation is 4. The third-order valence-electron chi connectivity index (χ3n) is 3.23. The largest absolute Gasteiger partial charge is 0.478 e. The molecule has 100 valence electrons. The van der Waals surface area contributed by atoms with E-state index < -0.39 is 5.97 Å². The van der Waals surface area contributed by atoms with Crippen molar-refractivity contribution < 1.29 is 9.90 Å². The number of carboxylic acids is 1. The highest BCUT2D eigenvalue weighted by molar-refractivity contribution is 5.95. The molecule has 19 heavy (non-hydrogen) atoms. The number of carbonyl (C=O) groups is 1. The monoisotopic (exact) mass is 258 g/mol. The molecule has 2 rings (SSSR count). The first-order valence-corrected chi connectivity index (χ1v) is 6.33. The van der Waals surface area contributed by atoms with Crippen molar-refractivity contribution in [3.05, 3.63) is 40.6 Å². The third kappa shape index (κ3) is 2.38. The van der Waals surface area contributed by atoms with Gasteiger partial charge in [-0.05, 0) is 38.8 Å². The molecule has 1 heterocycles.